The van der Waals surface area contributed by atoms with Gasteiger partial charge in [0, 0.05) is 30.9 Å². The second kappa shape index (κ2) is 6.99. The third-order valence-electron chi connectivity index (χ3n) is 5.40. The highest BCUT2D eigenvalue weighted by atomic mass is 35.5. The van der Waals surface area contributed by atoms with E-state index in [1.807, 2.05) is 0 Å². The molecule has 2 aliphatic heterocycles. The van der Waals surface area contributed by atoms with Crippen LogP contribution in [0.15, 0.2) is 12.3 Å². The van der Waals surface area contributed by atoms with Gasteiger partial charge in [0.15, 0.2) is 11.4 Å². The number of rotatable bonds is 2. The summed E-state index contributed by atoms with van der Waals surface area (Å²) in [4.78, 5) is 17.0. The molecule has 4 rings (SSSR count). The third kappa shape index (κ3) is 3.59. The van der Waals surface area contributed by atoms with Gasteiger partial charge in [-0.1, -0.05) is 11.6 Å². The van der Waals surface area contributed by atoms with E-state index in [4.69, 9.17) is 11.6 Å². The molecule has 7 nitrogen and oxygen atoms in total. The number of hydrogen-bond donors (Lipinski definition) is 3. The molecule has 2 atom stereocenters. The molecule has 0 spiro atoms. The van der Waals surface area contributed by atoms with Gasteiger partial charge in [0.25, 0.3) is 0 Å². The van der Waals surface area contributed by atoms with Gasteiger partial charge in [-0.05, 0) is 12.5 Å². The van der Waals surface area contributed by atoms with Crippen molar-refractivity contribution in [3.05, 3.63) is 34.1 Å². The Hall–Kier alpha value is -2.54. The minimum absolute atomic E-state index is 0.0136. The number of aromatic nitrogens is 3. The smallest absolute Gasteiger partial charge is 0.376 e. The summed E-state index contributed by atoms with van der Waals surface area (Å²) in [6.07, 6.45) is -10.0. The quantitative estimate of drug-likeness (QED) is 0.585. The minimum Gasteiger partial charge on any atom is -0.376 e. The van der Waals surface area contributed by atoms with Crippen LogP contribution in [0.25, 0.3) is 0 Å². The number of hydrogen-bond acceptors (Lipinski definition) is 5. The van der Waals surface area contributed by atoms with Crippen LogP contribution in [-0.4, -0.2) is 45.5 Å². The Morgan fingerprint density at radius 2 is 1.97 bits per heavy atom. The van der Waals surface area contributed by atoms with Crippen molar-refractivity contribution in [2.75, 3.05) is 23.3 Å². The maximum Gasteiger partial charge on any atom is 0.422 e. The number of aromatic amines is 1. The maximum atomic E-state index is 13.6. The Morgan fingerprint density at radius 1 is 1.26 bits per heavy atom. The second-order valence-corrected chi connectivity index (χ2v) is 7.81. The van der Waals surface area contributed by atoms with Gasteiger partial charge in [-0.15, -0.1) is 0 Å². The number of nitrogens with one attached hydrogen (secondary N) is 2. The summed E-state index contributed by atoms with van der Waals surface area (Å²) >= 11 is 5.96. The van der Waals surface area contributed by atoms with Crippen LogP contribution in [0.2, 0.25) is 5.02 Å². The van der Waals surface area contributed by atoms with E-state index >= 15 is 0 Å². The molecule has 2 aromatic rings. The number of carbonyl (C=O) groups is 1. The molecule has 0 aromatic carbocycles. The molecular weight excluding hydrogens is 456 g/mol. The lowest BCUT2D eigenvalue weighted by atomic mass is 9.83. The zero-order chi connectivity index (χ0) is 22.8. The highest BCUT2D eigenvalue weighted by molar-refractivity contribution is 6.33. The number of pyridine rings is 1. The predicted octanol–water partition coefficient (Wildman–Crippen LogP) is 3.56. The van der Waals surface area contributed by atoms with E-state index in [1.54, 1.807) is 0 Å². The Kier molecular flexibility index (Phi) is 4.89. The highest BCUT2D eigenvalue weighted by Gasteiger charge is 2.61. The molecule has 168 valence electrons. The molecule has 0 aliphatic carbocycles. The monoisotopic (exact) mass is 469 g/mol. The molecule has 31 heavy (non-hydrogen) atoms. The predicted molar refractivity (Wildman–Crippen MR) is 95.6 cm³/mol. The first-order valence-electron chi connectivity index (χ1n) is 8.96. The average molecular weight is 470 g/mol. The molecule has 1 saturated heterocycles. The van der Waals surface area contributed by atoms with E-state index in [9.17, 15) is 36.2 Å². The summed E-state index contributed by atoms with van der Waals surface area (Å²) in [6, 6.07) is 0.729. The first-order chi connectivity index (χ1) is 14.3. The lowest BCUT2D eigenvalue weighted by molar-refractivity contribution is -0.267. The van der Waals surface area contributed by atoms with Crippen molar-refractivity contribution in [1.82, 2.24) is 15.2 Å². The van der Waals surface area contributed by atoms with Crippen molar-refractivity contribution >= 4 is 29.1 Å². The van der Waals surface area contributed by atoms with Crippen LogP contribution in [0.5, 0.6) is 0 Å². The van der Waals surface area contributed by atoms with Crippen molar-refractivity contribution in [2.45, 2.75) is 36.7 Å². The molecule has 2 unspecified atom stereocenters. The van der Waals surface area contributed by atoms with Crippen molar-refractivity contribution in [3.8, 4) is 0 Å². The molecular formula is C17H14ClF6N5O2. The molecule has 0 radical (unpaired) electrons. The van der Waals surface area contributed by atoms with Crippen LogP contribution in [-0.2, 0) is 16.6 Å². The van der Waals surface area contributed by atoms with Gasteiger partial charge in [0.1, 0.15) is 5.82 Å². The van der Waals surface area contributed by atoms with Crippen LogP contribution in [0.1, 0.15) is 35.6 Å². The Morgan fingerprint density at radius 3 is 2.58 bits per heavy atom. The van der Waals surface area contributed by atoms with Crippen molar-refractivity contribution in [1.29, 1.82) is 0 Å². The largest absolute Gasteiger partial charge is 0.422 e. The van der Waals surface area contributed by atoms with E-state index in [0.717, 1.165) is 6.07 Å². The Balaban J connectivity index is 1.64. The molecule has 0 saturated carbocycles. The van der Waals surface area contributed by atoms with Crippen LogP contribution in [0, 0.1) is 0 Å². The zero-order valence-corrected chi connectivity index (χ0v) is 16.2. The van der Waals surface area contributed by atoms with Crippen LogP contribution >= 0.6 is 11.6 Å². The highest BCUT2D eigenvalue weighted by Crippen LogP contribution is 2.50. The summed E-state index contributed by atoms with van der Waals surface area (Å²) in [5, 5.41) is 18.5. The van der Waals surface area contributed by atoms with Crippen molar-refractivity contribution in [3.63, 3.8) is 0 Å². The number of halogens is 7. The Bertz CT molecular complexity index is 1040. The fraction of sp³-hybridized carbons (Fsp3) is 0.471. The van der Waals surface area contributed by atoms with Gasteiger partial charge in [-0.3, -0.25) is 9.89 Å². The summed E-state index contributed by atoms with van der Waals surface area (Å²) in [5.41, 5.74) is -5.01. The van der Waals surface area contributed by atoms with E-state index in [2.05, 4.69) is 20.5 Å². The number of nitrogens with zero attached hydrogens (tertiary/aromatic N) is 3. The summed E-state index contributed by atoms with van der Waals surface area (Å²) in [7, 11) is 0. The second-order valence-electron chi connectivity index (χ2n) is 7.40. The average Bonchev–Trinajstić information content (AvgIpc) is 3.26. The van der Waals surface area contributed by atoms with Gasteiger partial charge in [0.05, 0.1) is 22.6 Å². The SMILES string of the molecule is O=C1CC(O)(C(F)(F)F)c2c(n[nH]c2C2CCN(c3ncc(C(F)(F)F)cc3Cl)C2)N1. The topological polar surface area (TPSA) is 94.1 Å². The number of amides is 1. The van der Waals surface area contributed by atoms with Crippen LogP contribution in [0.4, 0.5) is 38.0 Å². The summed E-state index contributed by atoms with van der Waals surface area (Å²) in [6.45, 7) is 0.307. The molecule has 14 heteroatoms. The molecule has 4 heterocycles. The summed E-state index contributed by atoms with van der Waals surface area (Å²) < 4.78 is 79.4. The van der Waals surface area contributed by atoms with Crippen LogP contribution < -0.4 is 10.2 Å². The number of anilines is 2. The van der Waals surface area contributed by atoms with Gasteiger partial charge < -0.3 is 15.3 Å². The summed E-state index contributed by atoms with van der Waals surface area (Å²) in [5.74, 6) is -1.97. The van der Waals surface area contributed by atoms with E-state index < -0.39 is 53.1 Å². The molecule has 1 fully saturated rings. The molecule has 0 bridgehead atoms. The molecule has 1 amide bonds. The Labute approximate surface area is 175 Å². The molecule has 2 aromatic heterocycles. The van der Waals surface area contributed by atoms with Crippen molar-refractivity contribution in [2.24, 2.45) is 0 Å². The number of alkyl halides is 6. The van der Waals surface area contributed by atoms with Gasteiger partial charge in [-0.2, -0.15) is 31.4 Å². The van der Waals surface area contributed by atoms with Gasteiger partial charge in [0.2, 0.25) is 5.91 Å². The fourth-order valence-electron chi connectivity index (χ4n) is 3.91. The third-order valence-corrected chi connectivity index (χ3v) is 5.67. The maximum absolute atomic E-state index is 13.6. The fourth-order valence-corrected chi connectivity index (χ4v) is 4.19. The number of fused-ring (bicyclic) bond motifs is 1. The van der Waals surface area contributed by atoms with E-state index in [1.165, 1.54) is 4.90 Å². The minimum atomic E-state index is -5.13. The lowest BCUT2D eigenvalue weighted by Crippen LogP contribution is -2.48. The standard InChI is InChI=1S/C17H14ClF6N5O2/c18-9-3-8(16(19,20)21)5-25-14(9)29-2-1-7(6-29)12-11-13(28-27-12)26-10(30)4-15(11,31)17(22,23)24/h3,5,7,31H,1-2,4,6H2,(H2,26,27,28,30). The first kappa shape index (κ1) is 21.7. The van der Waals surface area contributed by atoms with E-state index in [0.29, 0.717) is 6.20 Å². The zero-order valence-electron chi connectivity index (χ0n) is 15.4. The number of aliphatic hydroxyl groups is 1. The van der Waals surface area contributed by atoms with Crippen LogP contribution in [0.3, 0.4) is 0 Å². The van der Waals surface area contributed by atoms with Gasteiger partial charge >= 0.3 is 12.4 Å². The van der Waals surface area contributed by atoms with Crippen molar-refractivity contribution < 1.29 is 36.2 Å². The number of carbonyl (C=O) groups excluding carboxylic acids is 1. The molecule has 2 aliphatic rings. The normalized spacial score (nSPS) is 24.3. The van der Waals surface area contributed by atoms with Gasteiger partial charge in [-0.25, -0.2) is 4.98 Å². The first-order valence-corrected chi connectivity index (χ1v) is 9.34. The molecule has 3 N–H and O–H groups in total. The lowest BCUT2D eigenvalue weighted by Gasteiger charge is -2.34. The van der Waals surface area contributed by atoms with E-state index in [-0.39, 0.29) is 36.0 Å². The number of H-pyrrole nitrogens is 1.